The highest BCUT2D eigenvalue weighted by molar-refractivity contribution is 5.36. The maximum Gasteiger partial charge on any atom is 0.123 e. The van der Waals surface area contributed by atoms with E-state index in [-0.39, 0.29) is 0 Å². The highest BCUT2D eigenvalue weighted by Gasteiger charge is 2.26. The summed E-state index contributed by atoms with van der Waals surface area (Å²) in [7, 11) is 1.76. The number of likely N-dealkylation sites (tertiary alicyclic amines) is 1. The number of nitrogens with zero attached hydrogens (tertiary/aromatic N) is 1. The van der Waals surface area contributed by atoms with Crippen molar-refractivity contribution >= 4 is 0 Å². The molecule has 20 heavy (non-hydrogen) atoms. The molecule has 3 nitrogen and oxygen atoms in total. The third-order valence-electron chi connectivity index (χ3n) is 4.35. The van der Waals surface area contributed by atoms with Gasteiger partial charge in [0.25, 0.3) is 0 Å². The van der Waals surface area contributed by atoms with Gasteiger partial charge in [-0.3, -0.25) is 4.90 Å². The number of hydrogen-bond acceptors (Lipinski definition) is 3. The smallest absolute Gasteiger partial charge is 0.123 e. The van der Waals surface area contributed by atoms with Crippen LogP contribution in [-0.4, -0.2) is 37.7 Å². The average Bonchev–Trinajstić information content (AvgIpc) is 2.94. The van der Waals surface area contributed by atoms with Crippen molar-refractivity contribution in [2.24, 2.45) is 0 Å². The minimum Gasteiger partial charge on any atom is -0.496 e. The van der Waals surface area contributed by atoms with Crippen molar-refractivity contribution in [1.29, 1.82) is 0 Å². The Morgan fingerprint density at radius 1 is 1.35 bits per heavy atom. The molecule has 1 fully saturated rings. The van der Waals surface area contributed by atoms with E-state index in [1.165, 1.54) is 31.4 Å². The zero-order valence-electron chi connectivity index (χ0n) is 13.1. The molecule has 0 bridgehead atoms. The topological polar surface area (TPSA) is 24.5 Å². The van der Waals surface area contributed by atoms with Crippen LogP contribution in [0.1, 0.15) is 44.7 Å². The van der Waals surface area contributed by atoms with Crippen LogP contribution in [0, 0.1) is 0 Å². The molecule has 1 saturated heterocycles. The first-order valence-corrected chi connectivity index (χ1v) is 7.90. The molecule has 0 spiro atoms. The fraction of sp³-hybridized carbons (Fsp3) is 0.647. The van der Waals surface area contributed by atoms with Gasteiger partial charge in [-0.15, -0.1) is 0 Å². The van der Waals surface area contributed by atoms with Gasteiger partial charge in [0.05, 0.1) is 7.11 Å². The molecule has 1 heterocycles. The number of methoxy groups -OCH3 is 1. The third kappa shape index (κ3) is 3.53. The molecule has 1 aromatic rings. The summed E-state index contributed by atoms with van der Waals surface area (Å²) in [5.41, 5.74) is 1.28. The summed E-state index contributed by atoms with van der Waals surface area (Å²) in [5, 5.41) is 3.62. The molecule has 0 amide bonds. The summed E-state index contributed by atoms with van der Waals surface area (Å²) < 4.78 is 5.53. The van der Waals surface area contributed by atoms with Gasteiger partial charge in [-0.05, 0) is 38.4 Å². The first-order chi connectivity index (χ1) is 9.80. The van der Waals surface area contributed by atoms with Gasteiger partial charge in [0.1, 0.15) is 5.75 Å². The molecule has 0 aliphatic carbocycles. The number of benzene rings is 1. The van der Waals surface area contributed by atoms with Crippen molar-refractivity contribution in [2.45, 2.75) is 45.2 Å². The fourth-order valence-corrected chi connectivity index (χ4v) is 3.31. The van der Waals surface area contributed by atoms with E-state index >= 15 is 0 Å². The molecular weight excluding hydrogens is 248 g/mol. The van der Waals surface area contributed by atoms with Crippen LogP contribution < -0.4 is 10.1 Å². The van der Waals surface area contributed by atoms with Crippen molar-refractivity contribution in [3.05, 3.63) is 29.8 Å². The Morgan fingerprint density at radius 3 is 2.85 bits per heavy atom. The molecule has 0 aromatic heterocycles. The lowest BCUT2D eigenvalue weighted by Gasteiger charge is -2.29. The molecular formula is C17H28N2O. The van der Waals surface area contributed by atoms with Gasteiger partial charge in [0, 0.05) is 24.2 Å². The molecule has 3 heteroatoms. The molecule has 1 aliphatic rings. The van der Waals surface area contributed by atoms with Gasteiger partial charge in [-0.2, -0.15) is 0 Å². The van der Waals surface area contributed by atoms with Crippen LogP contribution in [0.2, 0.25) is 0 Å². The maximum absolute atomic E-state index is 5.53. The van der Waals surface area contributed by atoms with E-state index < -0.39 is 0 Å². The van der Waals surface area contributed by atoms with Gasteiger partial charge in [-0.25, -0.2) is 0 Å². The van der Waals surface area contributed by atoms with E-state index in [4.69, 9.17) is 4.74 Å². The van der Waals surface area contributed by atoms with E-state index in [2.05, 4.69) is 42.3 Å². The van der Waals surface area contributed by atoms with Gasteiger partial charge in [-0.1, -0.05) is 32.0 Å². The summed E-state index contributed by atoms with van der Waals surface area (Å²) in [6.45, 7) is 7.76. The number of likely N-dealkylation sites (N-methyl/N-ethyl adjacent to an activating group) is 1. The Kier molecular flexibility index (Phi) is 5.86. The van der Waals surface area contributed by atoms with Gasteiger partial charge in [0.15, 0.2) is 0 Å². The average molecular weight is 276 g/mol. The van der Waals surface area contributed by atoms with Crippen LogP contribution >= 0.6 is 0 Å². The number of para-hydroxylation sites is 1. The molecule has 2 atom stereocenters. The molecule has 112 valence electrons. The van der Waals surface area contributed by atoms with Crippen molar-refractivity contribution < 1.29 is 4.74 Å². The lowest BCUT2D eigenvalue weighted by molar-refractivity contribution is 0.220. The van der Waals surface area contributed by atoms with Gasteiger partial charge < -0.3 is 10.1 Å². The zero-order chi connectivity index (χ0) is 14.4. The highest BCUT2D eigenvalue weighted by Crippen LogP contribution is 2.28. The lowest BCUT2D eigenvalue weighted by atomic mass is 10.0. The van der Waals surface area contributed by atoms with Crippen LogP contribution in [0.15, 0.2) is 24.3 Å². The van der Waals surface area contributed by atoms with E-state index in [1.54, 1.807) is 7.11 Å². The molecule has 0 radical (unpaired) electrons. The van der Waals surface area contributed by atoms with Gasteiger partial charge in [0.2, 0.25) is 0 Å². The molecule has 1 aromatic carbocycles. The number of hydrogen-bond donors (Lipinski definition) is 1. The predicted molar refractivity (Wildman–Crippen MR) is 84.3 cm³/mol. The first kappa shape index (κ1) is 15.3. The highest BCUT2D eigenvalue weighted by atomic mass is 16.5. The van der Waals surface area contributed by atoms with E-state index in [0.29, 0.717) is 6.04 Å². The monoisotopic (exact) mass is 276 g/mol. The summed E-state index contributed by atoms with van der Waals surface area (Å²) in [6.07, 6.45) is 3.94. The largest absolute Gasteiger partial charge is 0.496 e. The minimum atomic E-state index is 0.350. The molecule has 1 aliphatic heterocycles. The van der Waals surface area contributed by atoms with Crippen LogP contribution in [0.25, 0.3) is 0 Å². The Hall–Kier alpha value is -1.06. The second-order valence-electron chi connectivity index (χ2n) is 5.55. The van der Waals surface area contributed by atoms with Crippen molar-refractivity contribution in [1.82, 2.24) is 10.2 Å². The predicted octanol–water partition coefficient (Wildman–Crippen LogP) is 3.22. The molecule has 0 saturated carbocycles. The van der Waals surface area contributed by atoms with E-state index in [0.717, 1.165) is 24.9 Å². The Morgan fingerprint density at radius 2 is 2.15 bits per heavy atom. The zero-order valence-corrected chi connectivity index (χ0v) is 13.1. The lowest BCUT2D eigenvalue weighted by Crippen LogP contribution is -2.38. The number of nitrogens with one attached hydrogen (secondary N) is 1. The van der Waals surface area contributed by atoms with Crippen molar-refractivity contribution in [3.8, 4) is 5.75 Å². The molecule has 1 N–H and O–H groups in total. The Balaban J connectivity index is 2.14. The van der Waals surface area contributed by atoms with Crippen LogP contribution in [0.5, 0.6) is 5.75 Å². The first-order valence-electron chi connectivity index (χ1n) is 7.90. The standard InChI is InChI=1S/C17H28N2O/c1-4-14-9-8-12-19(14)13-16(18-5-2)15-10-6-7-11-17(15)20-3/h6-7,10-11,14,16,18H,4-5,8-9,12-13H2,1-3H3. The van der Waals surface area contributed by atoms with Crippen molar-refractivity contribution in [2.75, 3.05) is 26.7 Å². The second-order valence-corrected chi connectivity index (χ2v) is 5.55. The Bertz CT molecular complexity index is 408. The maximum atomic E-state index is 5.53. The molecule has 2 rings (SSSR count). The van der Waals surface area contributed by atoms with Crippen LogP contribution in [0.4, 0.5) is 0 Å². The minimum absolute atomic E-state index is 0.350. The number of rotatable bonds is 7. The summed E-state index contributed by atoms with van der Waals surface area (Å²) in [5.74, 6) is 0.991. The van der Waals surface area contributed by atoms with E-state index in [1.807, 2.05) is 6.07 Å². The van der Waals surface area contributed by atoms with Crippen molar-refractivity contribution in [3.63, 3.8) is 0 Å². The Labute approximate surface area is 123 Å². The SMILES string of the molecule is CCNC(CN1CCCC1CC)c1ccccc1OC. The van der Waals surface area contributed by atoms with Gasteiger partial charge >= 0.3 is 0 Å². The quantitative estimate of drug-likeness (QED) is 0.827. The third-order valence-corrected chi connectivity index (χ3v) is 4.35. The normalized spacial score (nSPS) is 21.1. The second kappa shape index (κ2) is 7.65. The summed E-state index contributed by atoms with van der Waals surface area (Å²) in [6, 6.07) is 9.48. The fourth-order valence-electron chi connectivity index (χ4n) is 3.31. The van der Waals surface area contributed by atoms with Crippen LogP contribution in [-0.2, 0) is 0 Å². The summed E-state index contributed by atoms with van der Waals surface area (Å²) >= 11 is 0. The van der Waals surface area contributed by atoms with Crippen LogP contribution in [0.3, 0.4) is 0 Å². The molecule has 2 unspecified atom stereocenters. The van der Waals surface area contributed by atoms with E-state index in [9.17, 15) is 0 Å². The summed E-state index contributed by atoms with van der Waals surface area (Å²) in [4.78, 5) is 2.64. The number of ether oxygens (including phenoxy) is 1.